The number of piperazine rings is 1. The zero-order valence-corrected chi connectivity index (χ0v) is 17.3. The van der Waals surface area contributed by atoms with E-state index in [1.54, 1.807) is 21.3 Å². The molecule has 3 rings (SSSR count). The fourth-order valence-corrected chi connectivity index (χ4v) is 4.13. The van der Waals surface area contributed by atoms with Gasteiger partial charge in [0.1, 0.15) is 0 Å². The van der Waals surface area contributed by atoms with Gasteiger partial charge in [-0.15, -0.1) is 0 Å². The van der Waals surface area contributed by atoms with Crippen LogP contribution in [-0.2, 0) is 11.3 Å². The number of hydrogen-bond donors (Lipinski definition) is 1. The van der Waals surface area contributed by atoms with Crippen molar-refractivity contribution in [1.29, 1.82) is 0 Å². The summed E-state index contributed by atoms with van der Waals surface area (Å²) >= 11 is 0. The second-order valence-corrected chi connectivity index (χ2v) is 7.55. The molecule has 2 aliphatic heterocycles. The molecule has 2 saturated heterocycles. The highest BCUT2D eigenvalue weighted by Crippen LogP contribution is 2.40. The summed E-state index contributed by atoms with van der Waals surface area (Å²) in [5.41, 5.74) is 1.06. The Labute approximate surface area is 167 Å². The number of rotatable bonds is 8. The Balaban J connectivity index is 1.52. The number of ether oxygens (including phenoxy) is 3. The van der Waals surface area contributed by atoms with Crippen molar-refractivity contribution in [3.63, 3.8) is 0 Å². The van der Waals surface area contributed by atoms with Crippen LogP contribution in [0.4, 0.5) is 0 Å². The third-order valence-electron chi connectivity index (χ3n) is 5.83. The first kappa shape index (κ1) is 20.7. The number of hydrogen-bond acceptors (Lipinski definition) is 6. The van der Waals surface area contributed by atoms with E-state index in [0.717, 1.165) is 57.8 Å². The molecule has 1 aromatic rings. The van der Waals surface area contributed by atoms with Gasteiger partial charge in [-0.1, -0.05) is 6.07 Å². The molecule has 7 heteroatoms. The molecule has 1 aromatic carbocycles. The predicted molar refractivity (Wildman–Crippen MR) is 108 cm³/mol. The Hall–Kier alpha value is -1.99. The second kappa shape index (κ2) is 9.98. The van der Waals surface area contributed by atoms with Gasteiger partial charge in [0.05, 0.1) is 21.3 Å². The first-order chi connectivity index (χ1) is 13.7. The van der Waals surface area contributed by atoms with Crippen molar-refractivity contribution in [2.24, 2.45) is 5.92 Å². The quantitative estimate of drug-likeness (QED) is 0.728. The number of amides is 1. The molecule has 2 fully saturated rings. The van der Waals surface area contributed by atoms with E-state index < -0.39 is 0 Å². The Morgan fingerprint density at radius 1 is 1.07 bits per heavy atom. The fraction of sp³-hybridized carbons (Fsp3) is 0.667. The normalized spacial score (nSPS) is 20.2. The van der Waals surface area contributed by atoms with E-state index in [1.807, 2.05) is 17.0 Å². The molecule has 1 N–H and O–H groups in total. The Bertz CT molecular complexity index is 653. The van der Waals surface area contributed by atoms with Crippen LogP contribution in [0, 0.1) is 5.92 Å². The van der Waals surface area contributed by atoms with Gasteiger partial charge in [0, 0.05) is 44.7 Å². The van der Waals surface area contributed by atoms with Gasteiger partial charge in [0.2, 0.25) is 11.7 Å². The molecular weight excluding hydrogens is 358 g/mol. The minimum Gasteiger partial charge on any atom is -0.493 e. The van der Waals surface area contributed by atoms with Gasteiger partial charge in [-0.05, 0) is 37.9 Å². The maximum absolute atomic E-state index is 12.5. The zero-order valence-electron chi connectivity index (χ0n) is 17.3. The zero-order chi connectivity index (χ0) is 19.9. The number of methoxy groups -OCH3 is 3. The van der Waals surface area contributed by atoms with Crippen LogP contribution in [0.15, 0.2) is 12.1 Å². The summed E-state index contributed by atoms with van der Waals surface area (Å²) in [6.45, 7) is 6.24. The number of nitrogens with one attached hydrogen (secondary N) is 1. The van der Waals surface area contributed by atoms with E-state index in [9.17, 15) is 4.79 Å². The highest BCUT2D eigenvalue weighted by Gasteiger charge is 2.24. The van der Waals surface area contributed by atoms with Gasteiger partial charge in [-0.3, -0.25) is 9.69 Å². The highest BCUT2D eigenvalue weighted by molar-refractivity contribution is 5.76. The van der Waals surface area contributed by atoms with Crippen molar-refractivity contribution in [2.75, 3.05) is 60.6 Å². The monoisotopic (exact) mass is 391 g/mol. The Kier molecular flexibility index (Phi) is 7.39. The van der Waals surface area contributed by atoms with E-state index >= 15 is 0 Å². The summed E-state index contributed by atoms with van der Waals surface area (Å²) < 4.78 is 16.4. The molecular formula is C21H33N3O4. The van der Waals surface area contributed by atoms with Gasteiger partial charge in [-0.25, -0.2) is 0 Å². The molecule has 0 bridgehead atoms. The topological polar surface area (TPSA) is 63.3 Å². The maximum atomic E-state index is 12.5. The van der Waals surface area contributed by atoms with Crippen LogP contribution < -0.4 is 19.5 Å². The Morgan fingerprint density at radius 2 is 1.82 bits per heavy atom. The third-order valence-corrected chi connectivity index (χ3v) is 5.83. The van der Waals surface area contributed by atoms with Gasteiger partial charge >= 0.3 is 0 Å². The lowest BCUT2D eigenvalue weighted by Crippen LogP contribution is -2.48. The number of nitrogens with zero attached hydrogens (tertiary/aromatic N) is 2. The van der Waals surface area contributed by atoms with E-state index in [-0.39, 0.29) is 0 Å². The summed E-state index contributed by atoms with van der Waals surface area (Å²) in [6, 6.07) is 3.93. The molecule has 1 unspecified atom stereocenters. The first-order valence-electron chi connectivity index (χ1n) is 10.1. The molecule has 1 amide bonds. The standard InChI is InChI=1S/C21H33N3O4/c1-26-18-6-5-17(20(27-2)21(18)28-3)15-23-10-12-24(13-11-23)19(25)7-4-16-8-9-22-14-16/h5-6,16,22H,4,7-15H2,1-3H3. The van der Waals surface area contributed by atoms with Gasteiger partial charge in [-0.2, -0.15) is 0 Å². The van der Waals surface area contributed by atoms with Crippen LogP contribution in [0.3, 0.4) is 0 Å². The van der Waals surface area contributed by atoms with Crippen molar-refractivity contribution in [3.05, 3.63) is 17.7 Å². The van der Waals surface area contributed by atoms with Crippen LogP contribution in [0.1, 0.15) is 24.8 Å². The van der Waals surface area contributed by atoms with Crippen molar-refractivity contribution >= 4 is 5.91 Å². The van der Waals surface area contributed by atoms with Crippen LogP contribution in [0.25, 0.3) is 0 Å². The molecule has 0 aromatic heterocycles. The number of carbonyl (C=O) groups is 1. The van der Waals surface area contributed by atoms with Gasteiger partial charge in [0.25, 0.3) is 0 Å². The largest absolute Gasteiger partial charge is 0.493 e. The maximum Gasteiger partial charge on any atom is 0.222 e. The summed E-state index contributed by atoms with van der Waals surface area (Å²) in [6.07, 6.45) is 2.89. The molecule has 0 radical (unpaired) electrons. The van der Waals surface area contributed by atoms with Crippen molar-refractivity contribution in [1.82, 2.24) is 15.1 Å². The first-order valence-corrected chi connectivity index (χ1v) is 10.1. The van der Waals surface area contributed by atoms with Crippen molar-refractivity contribution in [3.8, 4) is 17.2 Å². The van der Waals surface area contributed by atoms with Crippen LogP contribution >= 0.6 is 0 Å². The Morgan fingerprint density at radius 3 is 2.43 bits per heavy atom. The molecule has 0 saturated carbocycles. The van der Waals surface area contributed by atoms with E-state index in [1.165, 1.54) is 6.42 Å². The fourth-order valence-electron chi connectivity index (χ4n) is 4.13. The molecule has 0 spiro atoms. The molecule has 2 aliphatic rings. The SMILES string of the molecule is COc1ccc(CN2CCN(C(=O)CCC3CCNC3)CC2)c(OC)c1OC. The molecule has 0 aliphatic carbocycles. The average molecular weight is 392 g/mol. The molecule has 2 heterocycles. The van der Waals surface area contributed by atoms with E-state index in [2.05, 4.69) is 10.2 Å². The van der Waals surface area contributed by atoms with Gasteiger partial charge in [0.15, 0.2) is 11.5 Å². The lowest BCUT2D eigenvalue weighted by Gasteiger charge is -2.35. The average Bonchev–Trinajstić information content (AvgIpc) is 3.25. The van der Waals surface area contributed by atoms with Crippen LogP contribution in [-0.4, -0.2) is 76.3 Å². The van der Waals surface area contributed by atoms with Crippen LogP contribution in [0.2, 0.25) is 0 Å². The summed E-state index contributed by atoms with van der Waals surface area (Å²) in [7, 11) is 4.89. The molecule has 7 nitrogen and oxygen atoms in total. The minimum absolute atomic E-state index is 0.301. The smallest absolute Gasteiger partial charge is 0.222 e. The van der Waals surface area contributed by atoms with E-state index in [0.29, 0.717) is 35.5 Å². The third kappa shape index (κ3) is 4.89. The number of carbonyl (C=O) groups excluding carboxylic acids is 1. The molecule has 1 atom stereocenters. The van der Waals surface area contributed by atoms with Crippen molar-refractivity contribution < 1.29 is 19.0 Å². The highest BCUT2D eigenvalue weighted by atomic mass is 16.5. The second-order valence-electron chi connectivity index (χ2n) is 7.55. The summed E-state index contributed by atoms with van der Waals surface area (Å²) in [5.74, 6) is 2.97. The minimum atomic E-state index is 0.301. The lowest BCUT2D eigenvalue weighted by atomic mass is 10.0. The van der Waals surface area contributed by atoms with Gasteiger partial charge < -0.3 is 24.4 Å². The van der Waals surface area contributed by atoms with Crippen molar-refractivity contribution in [2.45, 2.75) is 25.8 Å². The summed E-state index contributed by atoms with van der Waals surface area (Å²) in [5, 5.41) is 3.37. The lowest BCUT2D eigenvalue weighted by molar-refractivity contribution is -0.133. The molecule has 156 valence electrons. The van der Waals surface area contributed by atoms with E-state index in [4.69, 9.17) is 14.2 Å². The van der Waals surface area contributed by atoms with Crippen LogP contribution in [0.5, 0.6) is 17.2 Å². The summed E-state index contributed by atoms with van der Waals surface area (Å²) in [4.78, 5) is 16.9. The molecule has 28 heavy (non-hydrogen) atoms. The predicted octanol–water partition coefficient (Wildman–Crippen LogP) is 1.75. The number of benzene rings is 1.